The Bertz CT molecular complexity index is 2400. The van der Waals surface area contributed by atoms with Gasteiger partial charge in [0.15, 0.2) is 6.10 Å². The molecule has 0 radical (unpaired) electrons. The van der Waals surface area contributed by atoms with Gasteiger partial charge >= 0.3 is 18.0 Å². The zero-order chi connectivity index (χ0) is 56.3. The minimum atomic E-state index is -1.29. The minimum Gasteiger partial charge on any atom is -0.495 e. The lowest BCUT2D eigenvalue weighted by atomic mass is 9.92. The Morgan fingerprint density at radius 3 is 2.20 bits per heavy atom. The van der Waals surface area contributed by atoms with E-state index in [1.807, 2.05) is 45.0 Å². The number of epoxide rings is 1. The summed E-state index contributed by atoms with van der Waals surface area (Å²) in [6, 6.07) is 8.55. The van der Waals surface area contributed by atoms with Crippen molar-refractivity contribution in [3.8, 4) is 5.75 Å². The van der Waals surface area contributed by atoms with Gasteiger partial charge < -0.3 is 61.9 Å². The molecule has 0 saturated carbocycles. The van der Waals surface area contributed by atoms with Gasteiger partial charge in [-0.1, -0.05) is 82.6 Å². The standard InChI is InChI=1S/C54H77ClN8O13/c1-30(2)25-41-51(70)74-39(14-10-16-43(65)61-38(27-34-20-23-40(73-9)36(55)26-34)49(68)60-29-54(6,7)52(71)75-41)32(5)46-47(76-46)35-21-18-33(19-22-35)28-59-48(67)37(13-12-24-58-53(56)72)62-50(69)45(31(3)4)63-44(66)17-11-15-42(64)57-8/h10,16,18-23,26,30-32,37-39,41,45-47H,11-15,17,24-25,27-29H2,1-9H3,(H,57,64)(H,59,67)(H,60,68)(H,61,65)(H,62,69)(H,63,66)(H3,56,58,72)/b16-10+/t32-,37?,38+,39-,41-,45-,46+,47+/m0/s1. The van der Waals surface area contributed by atoms with Gasteiger partial charge in [-0.25, -0.2) is 9.59 Å². The molecule has 0 bridgehead atoms. The number of urea groups is 1. The molecule has 0 aromatic heterocycles. The van der Waals surface area contributed by atoms with E-state index in [2.05, 4.69) is 37.2 Å². The van der Waals surface area contributed by atoms with Crippen molar-refractivity contribution in [1.82, 2.24) is 37.2 Å². The largest absolute Gasteiger partial charge is 0.495 e. The highest BCUT2D eigenvalue weighted by molar-refractivity contribution is 6.32. The van der Waals surface area contributed by atoms with Gasteiger partial charge in [-0.2, -0.15) is 0 Å². The number of esters is 2. The fourth-order valence-corrected chi connectivity index (χ4v) is 8.60. The van der Waals surface area contributed by atoms with Crippen LogP contribution in [-0.4, -0.2) is 117 Å². The van der Waals surface area contributed by atoms with E-state index in [1.54, 1.807) is 52.0 Å². The molecular weight excluding hydrogens is 1000 g/mol. The average molecular weight is 1080 g/mol. The Morgan fingerprint density at radius 1 is 0.882 bits per heavy atom. The summed E-state index contributed by atoms with van der Waals surface area (Å²) in [7, 11) is 2.99. The number of halogens is 1. The van der Waals surface area contributed by atoms with Crippen molar-refractivity contribution < 1.29 is 62.1 Å². The summed E-state index contributed by atoms with van der Waals surface area (Å²) < 4.78 is 23.4. The van der Waals surface area contributed by atoms with Gasteiger partial charge in [0, 0.05) is 58.3 Å². The van der Waals surface area contributed by atoms with Crippen molar-refractivity contribution >= 4 is 65.0 Å². The maximum atomic E-state index is 14.0. The first-order chi connectivity index (χ1) is 35.9. The molecule has 22 heteroatoms. The number of benzene rings is 2. The van der Waals surface area contributed by atoms with Crippen molar-refractivity contribution in [2.24, 2.45) is 28.9 Å². The molecule has 4 rings (SSSR count). The zero-order valence-electron chi connectivity index (χ0n) is 45.0. The predicted octanol–water partition coefficient (Wildman–Crippen LogP) is 3.73. The molecule has 0 spiro atoms. The first kappa shape index (κ1) is 61.8. The van der Waals surface area contributed by atoms with Gasteiger partial charge in [-0.05, 0) is 86.3 Å². The molecule has 8 amide bonds. The molecule has 1 unspecified atom stereocenters. The number of hydrogen-bond donors (Lipinski definition) is 8. The highest BCUT2D eigenvalue weighted by atomic mass is 35.5. The number of methoxy groups -OCH3 is 1. The first-order valence-electron chi connectivity index (χ1n) is 25.8. The summed E-state index contributed by atoms with van der Waals surface area (Å²) in [4.78, 5) is 118. The van der Waals surface area contributed by atoms with E-state index >= 15 is 0 Å². The monoisotopic (exact) mass is 1080 g/mol. The van der Waals surface area contributed by atoms with Crippen LogP contribution < -0.4 is 47.7 Å². The van der Waals surface area contributed by atoms with Crippen LogP contribution >= 0.6 is 11.6 Å². The van der Waals surface area contributed by atoms with E-state index in [9.17, 15) is 43.2 Å². The lowest BCUT2D eigenvalue weighted by molar-refractivity contribution is -0.179. The Labute approximate surface area is 450 Å². The topological polar surface area (TPSA) is 304 Å². The molecule has 2 heterocycles. The first-order valence-corrected chi connectivity index (χ1v) is 26.1. The quantitative estimate of drug-likeness (QED) is 0.0448. The van der Waals surface area contributed by atoms with Crippen molar-refractivity contribution in [1.29, 1.82) is 0 Å². The molecule has 2 aromatic rings. The fourth-order valence-electron chi connectivity index (χ4n) is 8.32. The lowest BCUT2D eigenvalue weighted by Gasteiger charge is -2.29. The molecule has 8 atom stereocenters. The second-order valence-electron chi connectivity index (χ2n) is 20.6. The number of nitrogens with two attached hydrogens (primary N) is 1. The third kappa shape index (κ3) is 19.8. The molecule has 0 aliphatic carbocycles. The molecule has 1 saturated heterocycles. The Hall–Kier alpha value is -6.74. The van der Waals surface area contributed by atoms with Crippen LogP contribution in [0.4, 0.5) is 4.79 Å². The van der Waals surface area contributed by atoms with E-state index in [1.165, 1.54) is 20.2 Å². The SMILES string of the molecule is CNC(=O)CCCC(=O)N[C@H](C(=O)NC(CCCNC(N)=O)C(=O)NCc1ccc([C@H]2O[C@@H]2[C@@H](C)[C@@H]2C/C=C/C(=O)N[C@H](Cc3ccc(OC)c(Cl)c3)C(=O)NCC(C)(C)C(=O)O[C@@H](CC(C)C)C(=O)O2)cc1)C(C)C. The van der Waals surface area contributed by atoms with Crippen LogP contribution in [0.5, 0.6) is 5.75 Å². The number of amides is 8. The summed E-state index contributed by atoms with van der Waals surface area (Å²) in [6.07, 6.45) is 1.10. The lowest BCUT2D eigenvalue weighted by Crippen LogP contribution is -2.55. The smallest absolute Gasteiger partial charge is 0.347 e. The number of carbonyl (C=O) groups is 9. The normalized spacial score (nSPS) is 21.6. The molecule has 1 fully saturated rings. The third-order valence-corrected chi connectivity index (χ3v) is 13.3. The number of rotatable bonds is 23. The van der Waals surface area contributed by atoms with Crippen molar-refractivity contribution in [3.05, 3.63) is 76.3 Å². The summed E-state index contributed by atoms with van der Waals surface area (Å²) in [5.41, 5.74) is 6.11. The Kier molecular flexibility index (Phi) is 24.0. The molecular formula is C54H77ClN8O13. The van der Waals surface area contributed by atoms with Gasteiger partial charge in [0.25, 0.3) is 0 Å². The van der Waals surface area contributed by atoms with Crippen LogP contribution in [0, 0.1) is 23.2 Å². The zero-order valence-corrected chi connectivity index (χ0v) is 45.8. The number of cyclic esters (lactones) is 2. The van der Waals surface area contributed by atoms with Gasteiger partial charge in [-0.3, -0.25) is 33.6 Å². The molecule has 418 valence electrons. The van der Waals surface area contributed by atoms with Crippen LogP contribution in [0.25, 0.3) is 0 Å². The van der Waals surface area contributed by atoms with E-state index in [0.717, 1.165) is 11.1 Å². The predicted molar refractivity (Wildman–Crippen MR) is 282 cm³/mol. The summed E-state index contributed by atoms with van der Waals surface area (Å²) in [5, 5.41) is 19.2. The molecule has 2 aromatic carbocycles. The molecule has 21 nitrogen and oxygen atoms in total. The van der Waals surface area contributed by atoms with Crippen molar-refractivity contribution in [2.45, 2.75) is 149 Å². The second-order valence-corrected chi connectivity index (χ2v) is 21.0. The van der Waals surface area contributed by atoms with Gasteiger partial charge in [-0.15, -0.1) is 0 Å². The van der Waals surface area contributed by atoms with Crippen LogP contribution in [0.1, 0.15) is 116 Å². The maximum absolute atomic E-state index is 14.0. The van der Waals surface area contributed by atoms with E-state index in [4.69, 9.17) is 36.3 Å². The van der Waals surface area contributed by atoms with Gasteiger partial charge in [0.1, 0.15) is 36.1 Å². The number of ether oxygens (including phenoxy) is 4. The number of primary amides is 1. The minimum absolute atomic E-state index is 0.0280. The summed E-state index contributed by atoms with van der Waals surface area (Å²) in [6.45, 7) is 12.4. The highest BCUT2D eigenvalue weighted by Gasteiger charge is 2.48. The number of nitrogens with one attached hydrogen (secondary N) is 7. The second kappa shape index (κ2) is 29.5. The maximum Gasteiger partial charge on any atom is 0.347 e. The van der Waals surface area contributed by atoms with Crippen molar-refractivity contribution in [2.75, 3.05) is 27.2 Å². The molecule has 9 N–H and O–H groups in total. The van der Waals surface area contributed by atoms with Crippen LogP contribution in [0.3, 0.4) is 0 Å². The number of hydrogen-bond acceptors (Lipinski definition) is 13. The van der Waals surface area contributed by atoms with E-state index in [0.29, 0.717) is 22.8 Å². The summed E-state index contributed by atoms with van der Waals surface area (Å²) in [5.74, 6) is -4.70. The Balaban J connectivity index is 1.47. The van der Waals surface area contributed by atoms with Crippen LogP contribution in [-0.2, 0) is 65.5 Å². The van der Waals surface area contributed by atoms with Crippen LogP contribution in [0.2, 0.25) is 5.02 Å². The highest BCUT2D eigenvalue weighted by Crippen LogP contribution is 2.45. The van der Waals surface area contributed by atoms with E-state index < -0.39 is 101 Å². The Morgan fingerprint density at radius 2 is 1.57 bits per heavy atom. The fraction of sp³-hybridized carbons (Fsp3) is 0.574. The third-order valence-electron chi connectivity index (χ3n) is 13.0. The van der Waals surface area contributed by atoms with Crippen molar-refractivity contribution in [3.63, 3.8) is 0 Å². The molecule has 2 aliphatic heterocycles. The van der Waals surface area contributed by atoms with Gasteiger partial charge in [0.2, 0.25) is 35.4 Å². The van der Waals surface area contributed by atoms with Crippen LogP contribution in [0.15, 0.2) is 54.6 Å². The summed E-state index contributed by atoms with van der Waals surface area (Å²) >= 11 is 6.38. The molecule has 2 aliphatic rings. The van der Waals surface area contributed by atoms with E-state index in [-0.39, 0.29) is 82.3 Å². The number of carbonyl (C=O) groups excluding carboxylic acids is 9. The van der Waals surface area contributed by atoms with Gasteiger partial charge in [0.05, 0.1) is 23.7 Å². The average Bonchev–Trinajstić information content (AvgIpc) is 4.17. The molecule has 76 heavy (non-hydrogen) atoms.